The molecule has 2 aliphatic carbocycles. The van der Waals surface area contributed by atoms with E-state index >= 15 is 0 Å². The predicted octanol–water partition coefficient (Wildman–Crippen LogP) is 2.91. The highest BCUT2D eigenvalue weighted by molar-refractivity contribution is 5.84. The first-order valence-corrected chi connectivity index (χ1v) is 10.1. The highest BCUT2D eigenvalue weighted by atomic mass is 19.4. The molecule has 8 heteroatoms. The SMILES string of the molecule is N[C@@H]1CC[C@@](C(=O)N2CCc3c(cc(C(F)(F)F)c[n+]3[O-])C2)(C2CCCC2)C1. The Morgan fingerprint density at radius 3 is 2.61 bits per heavy atom. The Bertz CT molecular complexity index is 777. The molecule has 1 aromatic rings. The molecule has 1 aliphatic heterocycles. The van der Waals surface area contributed by atoms with Crippen LogP contribution >= 0.6 is 0 Å². The molecule has 0 saturated heterocycles. The molecule has 0 radical (unpaired) electrons. The van der Waals surface area contributed by atoms with Gasteiger partial charge in [-0.15, -0.1) is 0 Å². The maximum absolute atomic E-state index is 13.6. The van der Waals surface area contributed by atoms with Crippen LogP contribution in [0.2, 0.25) is 0 Å². The molecule has 2 heterocycles. The van der Waals surface area contributed by atoms with Crippen molar-refractivity contribution >= 4 is 5.91 Å². The van der Waals surface area contributed by atoms with E-state index in [9.17, 15) is 23.2 Å². The van der Waals surface area contributed by atoms with Crippen molar-refractivity contribution in [2.75, 3.05) is 6.54 Å². The largest absolute Gasteiger partial charge is 0.618 e. The lowest BCUT2D eigenvalue weighted by Crippen LogP contribution is -2.50. The van der Waals surface area contributed by atoms with Gasteiger partial charge in [-0.3, -0.25) is 4.79 Å². The van der Waals surface area contributed by atoms with Crippen LogP contribution in [0, 0.1) is 16.5 Å². The molecule has 2 atom stereocenters. The maximum Gasteiger partial charge on any atom is 0.422 e. The van der Waals surface area contributed by atoms with Crippen LogP contribution in [0.25, 0.3) is 0 Å². The zero-order valence-electron chi connectivity index (χ0n) is 15.8. The van der Waals surface area contributed by atoms with Crippen molar-refractivity contribution in [3.63, 3.8) is 0 Å². The number of carbonyl (C=O) groups is 1. The van der Waals surface area contributed by atoms with Gasteiger partial charge in [-0.1, -0.05) is 12.8 Å². The fourth-order valence-corrected chi connectivity index (χ4v) is 5.56. The minimum Gasteiger partial charge on any atom is -0.618 e. The first-order chi connectivity index (χ1) is 13.2. The molecular weight excluding hydrogens is 371 g/mol. The first-order valence-electron chi connectivity index (χ1n) is 10.1. The van der Waals surface area contributed by atoms with Crippen LogP contribution in [0.1, 0.15) is 61.8 Å². The van der Waals surface area contributed by atoms with Gasteiger partial charge >= 0.3 is 6.18 Å². The molecule has 2 N–H and O–H groups in total. The number of nitrogens with zero attached hydrogens (tertiary/aromatic N) is 2. The molecule has 28 heavy (non-hydrogen) atoms. The summed E-state index contributed by atoms with van der Waals surface area (Å²) < 4.78 is 39.6. The third kappa shape index (κ3) is 3.25. The normalized spacial score (nSPS) is 28.6. The number of hydrogen-bond donors (Lipinski definition) is 1. The molecule has 4 rings (SSSR count). The minimum absolute atomic E-state index is 0.00209. The third-order valence-electron chi connectivity index (χ3n) is 6.97. The van der Waals surface area contributed by atoms with Crippen LogP contribution in [-0.4, -0.2) is 23.4 Å². The van der Waals surface area contributed by atoms with Crippen LogP contribution < -0.4 is 10.5 Å². The highest BCUT2D eigenvalue weighted by Crippen LogP contribution is 2.51. The van der Waals surface area contributed by atoms with Gasteiger partial charge < -0.3 is 15.8 Å². The number of rotatable bonds is 2. The average molecular weight is 397 g/mol. The zero-order valence-corrected chi connectivity index (χ0v) is 15.8. The molecule has 2 fully saturated rings. The summed E-state index contributed by atoms with van der Waals surface area (Å²) in [7, 11) is 0. The smallest absolute Gasteiger partial charge is 0.422 e. The third-order valence-corrected chi connectivity index (χ3v) is 6.97. The van der Waals surface area contributed by atoms with E-state index in [1.54, 1.807) is 4.90 Å². The van der Waals surface area contributed by atoms with E-state index in [1.807, 2.05) is 0 Å². The Hall–Kier alpha value is -1.83. The maximum atomic E-state index is 13.6. The van der Waals surface area contributed by atoms with Crippen molar-refractivity contribution in [3.05, 3.63) is 34.3 Å². The van der Waals surface area contributed by atoms with Crippen molar-refractivity contribution in [1.82, 2.24) is 4.90 Å². The summed E-state index contributed by atoms with van der Waals surface area (Å²) in [5.74, 6) is 0.328. The lowest BCUT2D eigenvalue weighted by molar-refractivity contribution is -0.616. The van der Waals surface area contributed by atoms with Crippen LogP contribution in [0.4, 0.5) is 13.2 Å². The second-order valence-corrected chi connectivity index (χ2v) is 8.64. The summed E-state index contributed by atoms with van der Waals surface area (Å²) in [5.41, 5.74) is 5.34. The lowest BCUT2D eigenvalue weighted by Gasteiger charge is -2.40. The molecule has 5 nitrogen and oxygen atoms in total. The number of carbonyl (C=O) groups excluding carboxylic acids is 1. The summed E-state index contributed by atoms with van der Waals surface area (Å²) in [6.07, 6.45) is 2.76. The van der Waals surface area contributed by atoms with Crippen molar-refractivity contribution < 1.29 is 22.7 Å². The summed E-state index contributed by atoms with van der Waals surface area (Å²) in [6.45, 7) is 0.424. The summed E-state index contributed by atoms with van der Waals surface area (Å²) >= 11 is 0. The van der Waals surface area contributed by atoms with E-state index in [-0.39, 0.29) is 24.9 Å². The second-order valence-electron chi connectivity index (χ2n) is 8.64. The van der Waals surface area contributed by atoms with E-state index in [4.69, 9.17) is 5.73 Å². The van der Waals surface area contributed by atoms with E-state index < -0.39 is 17.2 Å². The number of alkyl halides is 3. The van der Waals surface area contributed by atoms with Crippen LogP contribution in [-0.2, 0) is 23.9 Å². The Labute approximate surface area is 162 Å². The molecule has 1 amide bonds. The van der Waals surface area contributed by atoms with Gasteiger partial charge in [-0.2, -0.15) is 17.9 Å². The Morgan fingerprint density at radius 1 is 1.29 bits per heavy atom. The first kappa shape index (κ1) is 19.5. The van der Waals surface area contributed by atoms with Crippen molar-refractivity contribution in [3.8, 4) is 0 Å². The van der Waals surface area contributed by atoms with Gasteiger partial charge in [0.2, 0.25) is 5.91 Å². The summed E-state index contributed by atoms with van der Waals surface area (Å²) in [5, 5.41) is 12.1. The average Bonchev–Trinajstić information content (AvgIpc) is 3.30. The van der Waals surface area contributed by atoms with Gasteiger partial charge in [0.1, 0.15) is 5.56 Å². The predicted molar refractivity (Wildman–Crippen MR) is 95.7 cm³/mol. The standard InChI is InChI=1S/C20H26F3N3O2/c21-20(22,23)15-9-13-11-25(8-6-17(13)26(28)12-15)18(27)19(7-5-16(24)10-19)14-3-1-2-4-14/h9,12,14,16H,1-8,10-11,24H2/t16-,19+/m1/s1. The second kappa shape index (κ2) is 6.90. The van der Waals surface area contributed by atoms with E-state index in [2.05, 4.69) is 0 Å². The number of hydrogen-bond acceptors (Lipinski definition) is 3. The molecule has 0 unspecified atom stereocenters. The number of halogens is 3. The van der Waals surface area contributed by atoms with Gasteiger partial charge in [0.05, 0.1) is 18.4 Å². The molecule has 2 saturated carbocycles. The number of nitrogens with two attached hydrogens (primary N) is 1. The van der Waals surface area contributed by atoms with E-state index in [0.717, 1.165) is 44.6 Å². The fourth-order valence-electron chi connectivity index (χ4n) is 5.56. The van der Waals surface area contributed by atoms with Gasteiger partial charge in [0, 0.05) is 18.2 Å². The quantitative estimate of drug-likeness (QED) is 0.616. The van der Waals surface area contributed by atoms with Crippen LogP contribution in [0.3, 0.4) is 0 Å². The Kier molecular flexibility index (Phi) is 4.80. The van der Waals surface area contributed by atoms with Crippen molar-refractivity contribution in [1.29, 1.82) is 0 Å². The topological polar surface area (TPSA) is 73.3 Å². The Morgan fingerprint density at radius 2 is 2.00 bits per heavy atom. The molecule has 0 bridgehead atoms. The highest BCUT2D eigenvalue weighted by Gasteiger charge is 2.52. The molecule has 1 aromatic heterocycles. The van der Waals surface area contributed by atoms with Crippen molar-refractivity contribution in [2.45, 2.75) is 70.1 Å². The summed E-state index contributed by atoms with van der Waals surface area (Å²) in [6, 6.07) is 1.02. The van der Waals surface area contributed by atoms with Crippen LogP contribution in [0.5, 0.6) is 0 Å². The number of fused-ring (bicyclic) bond motifs is 1. The zero-order chi connectivity index (χ0) is 20.1. The number of aromatic nitrogens is 1. The fraction of sp³-hybridized carbons (Fsp3) is 0.700. The monoisotopic (exact) mass is 397 g/mol. The van der Waals surface area contributed by atoms with Gasteiger partial charge in [0.25, 0.3) is 0 Å². The van der Waals surface area contributed by atoms with Gasteiger partial charge in [-0.25, -0.2) is 0 Å². The van der Waals surface area contributed by atoms with Gasteiger partial charge in [0.15, 0.2) is 11.9 Å². The van der Waals surface area contributed by atoms with E-state index in [1.165, 1.54) is 0 Å². The molecular formula is C20H26F3N3O2. The van der Waals surface area contributed by atoms with E-state index in [0.29, 0.717) is 41.1 Å². The molecule has 0 spiro atoms. The molecule has 3 aliphatic rings. The summed E-state index contributed by atoms with van der Waals surface area (Å²) in [4.78, 5) is 15.3. The van der Waals surface area contributed by atoms with Gasteiger partial charge in [-0.05, 0) is 44.1 Å². The van der Waals surface area contributed by atoms with Crippen LogP contribution in [0.15, 0.2) is 12.3 Å². The minimum atomic E-state index is -4.59. The lowest BCUT2D eigenvalue weighted by atomic mass is 9.71. The molecule has 0 aromatic carbocycles. The number of amides is 1. The molecule has 154 valence electrons. The number of pyridine rings is 1. The van der Waals surface area contributed by atoms with Crippen molar-refractivity contribution in [2.24, 2.45) is 17.1 Å². The Balaban J connectivity index is 1.62.